The summed E-state index contributed by atoms with van der Waals surface area (Å²) in [6.07, 6.45) is 1.56. The van der Waals surface area contributed by atoms with Crippen LogP contribution in [0.4, 0.5) is 11.5 Å². The molecular weight excluding hydrogens is 328 g/mol. The van der Waals surface area contributed by atoms with Crippen molar-refractivity contribution in [1.29, 1.82) is 0 Å². The van der Waals surface area contributed by atoms with E-state index in [1.165, 1.54) is 12.1 Å². The number of halogens is 1. The monoisotopic (exact) mass is 336 g/mol. The molecule has 0 bridgehead atoms. The first kappa shape index (κ1) is 15.8. The van der Waals surface area contributed by atoms with Gasteiger partial charge in [-0.2, -0.15) is 0 Å². The maximum atomic E-state index is 12.0. The number of rotatable bonds is 3. The molecule has 0 atom stereocenters. The highest BCUT2D eigenvalue weighted by atomic mass is 35.5. The number of amides is 1. The summed E-state index contributed by atoms with van der Waals surface area (Å²) in [5.41, 5.74) is -0.279. The van der Waals surface area contributed by atoms with E-state index in [0.29, 0.717) is 5.82 Å². The fourth-order valence-electron chi connectivity index (χ4n) is 1.55. The zero-order valence-electron chi connectivity index (χ0n) is 10.9. The first-order chi connectivity index (χ1) is 10.5. The van der Waals surface area contributed by atoms with Crippen molar-refractivity contribution in [1.82, 2.24) is 10.3 Å². The van der Waals surface area contributed by atoms with Crippen LogP contribution in [0.25, 0.3) is 0 Å². The summed E-state index contributed by atoms with van der Waals surface area (Å²) in [7, 11) is 0. The Kier molecular flexibility index (Phi) is 4.97. The van der Waals surface area contributed by atoms with Crippen LogP contribution < -0.4 is 10.6 Å². The lowest BCUT2D eigenvalue weighted by Crippen LogP contribution is -2.34. The molecule has 1 aromatic heterocycles. The quantitative estimate of drug-likeness (QED) is 0.508. The highest BCUT2D eigenvalue weighted by molar-refractivity contribution is 7.80. The molecular formula is C13H9ClN4O3S. The van der Waals surface area contributed by atoms with Crippen LogP contribution in [0.15, 0.2) is 42.6 Å². The van der Waals surface area contributed by atoms with Crippen molar-refractivity contribution in [3.8, 4) is 0 Å². The third-order valence-corrected chi connectivity index (χ3v) is 3.06. The van der Waals surface area contributed by atoms with Crippen LogP contribution in [-0.2, 0) is 0 Å². The van der Waals surface area contributed by atoms with Crippen LogP contribution >= 0.6 is 23.8 Å². The molecule has 1 amide bonds. The van der Waals surface area contributed by atoms with Gasteiger partial charge in [-0.25, -0.2) is 4.98 Å². The zero-order chi connectivity index (χ0) is 16.1. The average Bonchev–Trinajstić information content (AvgIpc) is 2.48. The number of benzene rings is 1. The number of anilines is 1. The van der Waals surface area contributed by atoms with Crippen molar-refractivity contribution in [3.05, 3.63) is 63.3 Å². The highest BCUT2D eigenvalue weighted by Crippen LogP contribution is 2.24. The Hall–Kier alpha value is -2.58. The molecule has 0 spiro atoms. The van der Waals surface area contributed by atoms with Gasteiger partial charge < -0.3 is 5.32 Å². The SMILES string of the molecule is O=C(NC(=S)Nc1ccccn1)c1ccc(Cl)c([N+](=O)[O-])c1. The van der Waals surface area contributed by atoms with E-state index in [1.807, 2.05) is 0 Å². The number of nitro groups is 1. The number of pyridine rings is 1. The molecule has 22 heavy (non-hydrogen) atoms. The Morgan fingerprint density at radius 2 is 2.09 bits per heavy atom. The number of thiocarbonyl (C=S) groups is 1. The van der Waals surface area contributed by atoms with Crippen LogP contribution in [0.2, 0.25) is 5.02 Å². The van der Waals surface area contributed by atoms with E-state index < -0.39 is 10.8 Å². The minimum atomic E-state index is -0.663. The van der Waals surface area contributed by atoms with E-state index in [2.05, 4.69) is 15.6 Å². The molecule has 0 aliphatic carbocycles. The third kappa shape index (κ3) is 3.96. The second-order valence-electron chi connectivity index (χ2n) is 4.05. The van der Waals surface area contributed by atoms with Crippen molar-refractivity contribution in [3.63, 3.8) is 0 Å². The zero-order valence-corrected chi connectivity index (χ0v) is 12.5. The molecule has 0 unspecified atom stereocenters. The minimum Gasteiger partial charge on any atom is -0.317 e. The molecule has 2 N–H and O–H groups in total. The van der Waals surface area contributed by atoms with Crippen LogP contribution in [0, 0.1) is 10.1 Å². The number of nitro benzene ring substituents is 1. The van der Waals surface area contributed by atoms with Gasteiger partial charge in [-0.3, -0.25) is 20.2 Å². The second kappa shape index (κ2) is 6.92. The number of carbonyl (C=O) groups is 1. The molecule has 0 saturated carbocycles. The summed E-state index contributed by atoms with van der Waals surface area (Å²) in [5.74, 6) is -0.122. The topological polar surface area (TPSA) is 97.2 Å². The van der Waals surface area contributed by atoms with Crippen LogP contribution in [0.1, 0.15) is 10.4 Å². The number of hydrogen-bond acceptors (Lipinski definition) is 5. The van der Waals surface area contributed by atoms with Gasteiger partial charge in [-0.1, -0.05) is 17.7 Å². The molecule has 2 aromatic rings. The lowest BCUT2D eigenvalue weighted by molar-refractivity contribution is -0.384. The standard InChI is InChI=1S/C13H9ClN4O3S/c14-9-5-4-8(7-10(9)18(20)21)12(19)17-13(22)16-11-3-1-2-6-15-11/h1-7H,(H2,15,16,17,19,22). The summed E-state index contributed by atoms with van der Waals surface area (Å²) >= 11 is 10.7. The first-order valence-corrected chi connectivity index (χ1v) is 6.73. The summed E-state index contributed by atoms with van der Waals surface area (Å²) in [5, 5.41) is 15.9. The molecule has 2 rings (SSSR count). The van der Waals surface area contributed by atoms with Gasteiger partial charge in [-0.05, 0) is 36.5 Å². The number of aromatic nitrogens is 1. The normalized spacial score (nSPS) is 9.86. The Morgan fingerprint density at radius 1 is 1.32 bits per heavy atom. The van der Waals surface area contributed by atoms with Gasteiger partial charge in [0.25, 0.3) is 11.6 Å². The molecule has 1 heterocycles. The van der Waals surface area contributed by atoms with E-state index in [9.17, 15) is 14.9 Å². The van der Waals surface area contributed by atoms with Crippen LogP contribution in [0.5, 0.6) is 0 Å². The van der Waals surface area contributed by atoms with E-state index in [1.54, 1.807) is 24.4 Å². The fraction of sp³-hybridized carbons (Fsp3) is 0. The lowest BCUT2D eigenvalue weighted by Gasteiger charge is -2.08. The molecule has 0 radical (unpaired) electrons. The van der Waals surface area contributed by atoms with Gasteiger partial charge in [0.1, 0.15) is 10.8 Å². The predicted molar refractivity (Wildman–Crippen MR) is 86.0 cm³/mol. The highest BCUT2D eigenvalue weighted by Gasteiger charge is 2.16. The molecule has 0 aliphatic rings. The number of nitrogens with zero attached hydrogens (tertiary/aromatic N) is 2. The Balaban J connectivity index is 2.07. The Bertz CT molecular complexity index is 739. The van der Waals surface area contributed by atoms with Gasteiger partial charge in [0.15, 0.2) is 5.11 Å². The number of nitrogens with one attached hydrogen (secondary N) is 2. The van der Waals surface area contributed by atoms with E-state index in [0.717, 1.165) is 6.07 Å². The van der Waals surface area contributed by atoms with Crippen molar-refractivity contribution in [2.24, 2.45) is 0 Å². The van der Waals surface area contributed by atoms with Crippen molar-refractivity contribution < 1.29 is 9.72 Å². The third-order valence-electron chi connectivity index (χ3n) is 2.54. The largest absolute Gasteiger partial charge is 0.317 e. The van der Waals surface area contributed by atoms with E-state index in [4.69, 9.17) is 23.8 Å². The van der Waals surface area contributed by atoms with E-state index in [-0.39, 0.29) is 21.4 Å². The maximum absolute atomic E-state index is 12.0. The molecule has 9 heteroatoms. The maximum Gasteiger partial charge on any atom is 0.288 e. The molecule has 112 valence electrons. The summed E-state index contributed by atoms with van der Waals surface area (Å²) < 4.78 is 0. The van der Waals surface area contributed by atoms with Gasteiger partial charge >= 0.3 is 0 Å². The average molecular weight is 337 g/mol. The van der Waals surface area contributed by atoms with Gasteiger partial charge in [0.05, 0.1) is 4.92 Å². The van der Waals surface area contributed by atoms with Gasteiger partial charge in [-0.15, -0.1) is 0 Å². The molecule has 1 aromatic carbocycles. The van der Waals surface area contributed by atoms with E-state index >= 15 is 0 Å². The molecule has 0 aliphatic heterocycles. The number of carbonyl (C=O) groups excluding carboxylic acids is 1. The van der Waals surface area contributed by atoms with Crippen molar-refractivity contribution >= 4 is 46.3 Å². The molecule has 0 fully saturated rings. The Labute approximate surface area is 135 Å². The Morgan fingerprint density at radius 3 is 2.73 bits per heavy atom. The van der Waals surface area contributed by atoms with Gasteiger partial charge in [0, 0.05) is 17.8 Å². The van der Waals surface area contributed by atoms with Crippen LogP contribution in [0.3, 0.4) is 0 Å². The lowest BCUT2D eigenvalue weighted by atomic mass is 10.2. The van der Waals surface area contributed by atoms with Crippen molar-refractivity contribution in [2.45, 2.75) is 0 Å². The molecule has 0 saturated heterocycles. The van der Waals surface area contributed by atoms with Crippen molar-refractivity contribution in [2.75, 3.05) is 5.32 Å². The summed E-state index contributed by atoms with van der Waals surface area (Å²) in [6.45, 7) is 0. The summed E-state index contributed by atoms with van der Waals surface area (Å²) in [6, 6.07) is 8.90. The van der Waals surface area contributed by atoms with Gasteiger partial charge in [0.2, 0.25) is 0 Å². The summed E-state index contributed by atoms with van der Waals surface area (Å²) in [4.78, 5) is 26.1. The first-order valence-electron chi connectivity index (χ1n) is 5.94. The minimum absolute atomic E-state index is 0.0290. The second-order valence-corrected chi connectivity index (χ2v) is 4.86. The number of hydrogen-bond donors (Lipinski definition) is 2. The molecule has 7 nitrogen and oxygen atoms in total. The van der Waals surface area contributed by atoms with Crippen LogP contribution in [-0.4, -0.2) is 20.9 Å². The smallest absolute Gasteiger partial charge is 0.288 e. The fourth-order valence-corrected chi connectivity index (χ4v) is 1.94. The predicted octanol–water partition coefficient (Wildman–Crippen LogP) is 2.77.